The number of rotatable bonds is 6. The van der Waals surface area contributed by atoms with Crippen molar-refractivity contribution in [2.45, 2.75) is 25.9 Å². The molecular weight excluding hydrogens is 509 g/mol. The normalized spacial score (nSPS) is 17.6. The summed E-state index contributed by atoms with van der Waals surface area (Å²) in [6, 6.07) is 21.0. The monoisotopic (exact) mass is 535 g/mol. The molecule has 3 heterocycles. The van der Waals surface area contributed by atoms with Crippen LogP contribution in [0.3, 0.4) is 0 Å². The summed E-state index contributed by atoms with van der Waals surface area (Å²) in [4.78, 5) is 6.64. The summed E-state index contributed by atoms with van der Waals surface area (Å²) in [5.74, 6) is -0.285. The Hall–Kier alpha value is -3.76. The highest BCUT2D eigenvalue weighted by Gasteiger charge is 2.42. The minimum absolute atomic E-state index is 0.232. The van der Waals surface area contributed by atoms with Crippen molar-refractivity contribution in [2.75, 3.05) is 15.9 Å². The zero-order valence-corrected chi connectivity index (χ0v) is 22.1. The first-order chi connectivity index (χ1) is 17.6. The van der Waals surface area contributed by atoms with Gasteiger partial charge in [-0.25, -0.2) is 12.8 Å². The molecule has 7 nitrogen and oxygen atoms in total. The Labute approximate surface area is 221 Å². The number of halogens is 1. The van der Waals surface area contributed by atoms with Gasteiger partial charge in [0.1, 0.15) is 5.82 Å². The summed E-state index contributed by atoms with van der Waals surface area (Å²) in [6.45, 7) is 4.06. The number of pyridine rings is 1. The van der Waals surface area contributed by atoms with Gasteiger partial charge >= 0.3 is 0 Å². The number of nitrogens with zero attached hydrogens (tertiary/aromatic N) is 3. The van der Waals surface area contributed by atoms with E-state index in [-0.39, 0.29) is 17.9 Å². The van der Waals surface area contributed by atoms with E-state index in [2.05, 4.69) is 25.7 Å². The molecule has 1 saturated heterocycles. The molecule has 5 rings (SSSR count). The minimum atomic E-state index is -3.39. The van der Waals surface area contributed by atoms with Gasteiger partial charge in [-0.2, -0.15) is 0 Å². The molecule has 4 aromatic rings. The summed E-state index contributed by atoms with van der Waals surface area (Å²) in [7, 11) is -3.39. The van der Waals surface area contributed by atoms with Gasteiger partial charge < -0.3 is 14.8 Å². The van der Waals surface area contributed by atoms with Crippen LogP contribution in [0.5, 0.6) is 0 Å². The Balaban J connectivity index is 1.62. The number of hydrogen-bond acceptors (Lipinski definition) is 4. The van der Waals surface area contributed by atoms with Crippen LogP contribution in [-0.2, 0) is 10.0 Å². The Morgan fingerprint density at radius 2 is 1.68 bits per heavy atom. The van der Waals surface area contributed by atoms with Crippen LogP contribution < -0.4 is 14.9 Å². The lowest BCUT2D eigenvalue weighted by Gasteiger charge is -2.28. The third-order valence-corrected chi connectivity index (χ3v) is 7.34. The summed E-state index contributed by atoms with van der Waals surface area (Å²) in [6.07, 6.45) is 2.87. The van der Waals surface area contributed by atoms with E-state index in [4.69, 9.17) is 12.2 Å². The Morgan fingerprint density at radius 3 is 2.30 bits per heavy atom. The number of aryl methyl sites for hydroxylation is 1. The Bertz CT molecular complexity index is 1550. The molecule has 1 aliphatic heterocycles. The van der Waals surface area contributed by atoms with Crippen LogP contribution in [0.1, 0.15) is 34.7 Å². The largest absolute Gasteiger partial charge is 0.351 e. The predicted molar refractivity (Wildman–Crippen MR) is 148 cm³/mol. The maximum atomic E-state index is 13.6. The molecule has 0 spiro atoms. The average Bonchev–Trinajstić information content (AvgIpc) is 3.35. The van der Waals surface area contributed by atoms with E-state index in [0.717, 1.165) is 40.3 Å². The number of anilines is 2. The van der Waals surface area contributed by atoms with E-state index in [1.165, 1.54) is 12.1 Å². The van der Waals surface area contributed by atoms with Gasteiger partial charge in [-0.3, -0.25) is 9.71 Å². The van der Waals surface area contributed by atoms with Gasteiger partial charge in [-0.1, -0.05) is 6.07 Å². The fourth-order valence-corrected chi connectivity index (χ4v) is 5.84. The minimum Gasteiger partial charge on any atom is -0.351 e. The third-order valence-electron chi connectivity index (χ3n) is 6.42. The van der Waals surface area contributed by atoms with E-state index < -0.39 is 10.0 Å². The van der Waals surface area contributed by atoms with Crippen LogP contribution in [-0.4, -0.2) is 29.3 Å². The first-order valence-electron chi connectivity index (χ1n) is 11.7. The summed E-state index contributed by atoms with van der Waals surface area (Å²) in [5.41, 5.74) is 6.05. The second-order valence-electron chi connectivity index (χ2n) is 9.06. The molecule has 1 aliphatic rings. The van der Waals surface area contributed by atoms with E-state index in [9.17, 15) is 12.8 Å². The van der Waals surface area contributed by atoms with Crippen LogP contribution in [0.15, 0.2) is 79.0 Å². The third kappa shape index (κ3) is 4.94. The molecule has 190 valence electrons. The number of thiocarbonyl (C=S) groups is 1. The number of sulfonamides is 1. The summed E-state index contributed by atoms with van der Waals surface area (Å²) < 4.78 is 41.5. The van der Waals surface area contributed by atoms with Crippen molar-refractivity contribution in [3.8, 4) is 5.69 Å². The molecule has 2 atom stereocenters. The molecule has 0 bridgehead atoms. The van der Waals surface area contributed by atoms with Gasteiger partial charge in [0, 0.05) is 34.6 Å². The first-order valence-corrected chi connectivity index (χ1v) is 14.0. The van der Waals surface area contributed by atoms with Crippen molar-refractivity contribution >= 4 is 38.7 Å². The molecule has 37 heavy (non-hydrogen) atoms. The second kappa shape index (κ2) is 9.60. The quantitative estimate of drug-likeness (QED) is 0.332. The fourth-order valence-electron chi connectivity index (χ4n) is 4.93. The summed E-state index contributed by atoms with van der Waals surface area (Å²) in [5, 5.41) is 3.99. The van der Waals surface area contributed by atoms with Gasteiger partial charge in [-0.05, 0) is 98.4 Å². The van der Waals surface area contributed by atoms with Gasteiger partial charge in [0.25, 0.3) is 0 Å². The van der Waals surface area contributed by atoms with Crippen LogP contribution in [0, 0.1) is 19.7 Å². The maximum absolute atomic E-state index is 13.6. The molecule has 0 amide bonds. The number of hydrogen-bond donors (Lipinski definition) is 2. The van der Waals surface area contributed by atoms with Crippen LogP contribution >= 0.6 is 12.2 Å². The topological polar surface area (TPSA) is 79.3 Å². The summed E-state index contributed by atoms with van der Waals surface area (Å²) >= 11 is 5.81. The zero-order chi connectivity index (χ0) is 26.3. The molecule has 2 aromatic carbocycles. The molecule has 0 aliphatic carbocycles. The molecular formula is C27H26FN5O2S2. The van der Waals surface area contributed by atoms with E-state index >= 15 is 0 Å². The standard InChI is InChI=1S/C27H26FN5O2S2/c1-17-16-23(18(2)32(17)21-11-7-19(28)8-12-21)26-25(24-6-4-5-15-29-24)30-27(36)33(26)22-13-9-20(10-14-22)31-37(3,34)35/h4-16,25-26,31H,1-3H3,(H,30,36)/t25-,26-/m0/s1. The van der Waals surface area contributed by atoms with Crippen LogP contribution in [0.4, 0.5) is 15.8 Å². The first kappa shape index (κ1) is 24.9. The van der Waals surface area contributed by atoms with E-state index in [0.29, 0.717) is 10.8 Å². The van der Waals surface area contributed by atoms with Crippen molar-refractivity contribution in [1.29, 1.82) is 0 Å². The van der Waals surface area contributed by atoms with E-state index in [1.54, 1.807) is 30.5 Å². The second-order valence-corrected chi connectivity index (χ2v) is 11.2. The maximum Gasteiger partial charge on any atom is 0.229 e. The highest BCUT2D eigenvalue weighted by atomic mass is 32.2. The van der Waals surface area contributed by atoms with Crippen molar-refractivity contribution < 1.29 is 12.8 Å². The van der Waals surface area contributed by atoms with Crippen molar-refractivity contribution in [2.24, 2.45) is 0 Å². The fraction of sp³-hybridized carbons (Fsp3) is 0.185. The SMILES string of the molecule is Cc1cc([C@H]2[C@H](c3ccccn3)NC(=S)N2c2ccc(NS(C)(=O)=O)cc2)c(C)n1-c1ccc(F)cc1. The molecule has 0 radical (unpaired) electrons. The molecule has 0 unspecified atom stereocenters. The van der Waals surface area contributed by atoms with Gasteiger partial charge in [0.05, 0.1) is 24.0 Å². The van der Waals surface area contributed by atoms with Crippen LogP contribution in [0.25, 0.3) is 5.69 Å². The molecule has 0 saturated carbocycles. The average molecular weight is 536 g/mol. The lowest BCUT2D eigenvalue weighted by Crippen LogP contribution is -2.29. The molecule has 10 heteroatoms. The van der Waals surface area contributed by atoms with Gasteiger partial charge in [-0.15, -0.1) is 0 Å². The van der Waals surface area contributed by atoms with Crippen molar-refractivity contribution in [1.82, 2.24) is 14.9 Å². The number of aromatic nitrogens is 2. The highest BCUT2D eigenvalue weighted by molar-refractivity contribution is 7.92. The van der Waals surface area contributed by atoms with Gasteiger partial charge in [0.2, 0.25) is 10.0 Å². The Morgan fingerprint density at radius 1 is 1.00 bits per heavy atom. The zero-order valence-electron chi connectivity index (χ0n) is 20.5. The molecule has 2 N–H and O–H groups in total. The van der Waals surface area contributed by atoms with Gasteiger partial charge in [0.15, 0.2) is 5.11 Å². The lowest BCUT2D eigenvalue weighted by molar-refractivity contribution is 0.565. The number of nitrogens with one attached hydrogen (secondary N) is 2. The lowest BCUT2D eigenvalue weighted by atomic mass is 9.96. The number of benzene rings is 2. The highest BCUT2D eigenvalue weighted by Crippen LogP contribution is 2.43. The van der Waals surface area contributed by atoms with Crippen molar-refractivity contribution in [3.63, 3.8) is 0 Å². The van der Waals surface area contributed by atoms with Crippen LogP contribution in [0.2, 0.25) is 0 Å². The molecule has 2 aromatic heterocycles. The molecule has 1 fully saturated rings. The predicted octanol–water partition coefficient (Wildman–Crippen LogP) is 5.18. The van der Waals surface area contributed by atoms with E-state index in [1.807, 2.05) is 49.1 Å². The van der Waals surface area contributed by atoms with Crippen molar-refractivity contribution in [3.05, 3.63) is 107 Å². The smallest absolute Gasteiger partial charge is 0.229 e. The Kier molecular flexibility index (Phi) is 6.47.